The van der Waals surface area contributed by atoms with Gasteiger partial charge in [0.2, 0.25) is 0 Å². The molecule has 0 aliphatic heterocycles. The van der Waals surface area contributed by atoms with Gasteiger partial charge < -0.3 is 4.42 Å². The van der Waals surface area contributed by atoms with Crippen molar-refractivity contribution in [1.29, 1.82) is 0 Å². The van der Waals surface area contributed by atoms with Gasteiger partial charge in [-0.2, -0.15) is 13.2 Å². The van der Waals surface area contributed by atoms with Crippen molar-refractivity contribution in [3.63, 3.8) is 0 Å². The van der Waals surface area contributed by atoms with Crippen molar-refractivity contribution < 1.29 is 17.6 Å². The first-order valence-corrected chi connectivity index (χ1v) is 5.01. The quantitative estimate of drug-likeness (QED) is 0.831. The molecule has 3 nitrogen and oxygen atoms in total. The highest BCUT2D eigenvalue weighted by atomic mass is 19.4. The van der Waals surface area contributed by atoms with Gasteiger partial charge in [0.15, 0.2) is 12.0 Å². The van der Waals surface area contributed by atoms with E-state index in [-0.39, 0.29) is 6.54 Å². The monoisotopic (exact) mass is 244 g/mol. The topological polar surface area (TPSA) is 29.3 Å². The van der Waals surface area contributed by atoms with Gasteiger partial charge in [-0.25, -0.2) is 4.98 Å². The standard InChI is InChI=1S/C11H11F3N2O/c1-16(6-11(12,13)14)5-8-2-3-9-10(4-8)17-7-15-9/h2-4,7H,5-6H2,1H3. The largest absolute Gasteiger partial charge is 0.443 e. The molecule has 6 heteroatoms. The van der Waals surface area contributed by atoms with Gasteiger partial charge in [-0.3, -0.25) is 4.90 Å². The molecule has 0 saturated heterocycles. The van der Waals surface area contributed by atoms with Crippen molar-refractivity contribution in [2.24, 2.45) is 0 Å². The Morgan fingerprint density at radius 3 is 2.82 bits per heavy atom. The smallest absolute Gasteiger partial charge is 0.401 e. The van der Waals surface area contributed by atoms with Crippen LogP contribution in [0, 0.1) is 0 Å². The van der Waals surface area contributed by atoms with E-state index >= 15 is 0 Å². The van der Waals surface area contributed by atoms with E-state index in [9.17, 15) is 13.2 Å². The molecule has 0 aliphatic rings. The Morgan fingerprint density at radius 1 is 1.35 bits per heavy atom. The van der Waals surface area contributed by atoms with E-state index in [1.54, 1.807) is 18.2 Å². The molecule has 0 bridgehead atoms. The molecule has 1 heterocycles. The molecule has 0 atom stereocenters. The first-order valence-electron chi connectivity index (χ1n) is 5.01. The average molecular weight is 244 g/mol. The summed E-state index contributed by atoms with van der Waals surface area (Å²) in [5.41, 5.74) is 2.05. The van der Waals surface area contributed by atoms with E-state index in [2.05, 4.69) is 4.98 Å². The lowest BCUT2D eigenvalue weighted by atomic mass is 10.2. The normalized spacial score (nSPS) is 12.5. The van der Waals surface area contributed by atoms with Crippen LogP contribution < -0.4 is 0 Å². The van der Waals surface area contributed by atoms with Crippen molar-refractivity contribution in [3.05, 3.63) is 30.2 Å². The molecular formula is C11H11F3N2O. The maximum Gasteiger partial charge on any atom is 0.401 e. The number of oxazole rings is 1. The van der Waals surface area contributed by atoms with E-state index in [4.69, 9.17) is 4.42 Å². The molecular weight excluding hydrogens is 233 g/mol. The summed E-state index contributed by atoms with van der Waals surface area (Å²) in [4.78, 5) is 5.14. The Bertz CT molecular complexity index is 507. The van der Waals surface area contributed by atoms with E-state index in [1.165, 1.54) is 18.3 Å². The molecule has 0 unspecified atom stereocenters. The van der Waals surface area contributed by atoms with Crippen LogP contribution in [0.4, 0.5) is 13.2 Å². The van der Waals surface area contributed by atoms with Crippen molar-refractivity contribution in [2.45, 2.75) is 12.7 Å². The molecule has 1 aromatic carbocycles. The third-order valence-electron chi connectivity index (χ3n) is 2.30. The second-order valence-electron chi connectivity index (χ2n) is 3.94. The van der Waals surface area contributed by atoms with Crippen LogP contribution >= 0.6 is 0 Å². The Morgan fingerprint density at radius 2 is 2.12 bits per heavy atom. The van der Waals surface area contributed by atoms with E-state index in [0.717, 1.165) is 5.56 Å². The van der Waals surface area contributed by atoms with Crippen molar-refractivity contribution in [2.75, 3.05) is 13.6 Å². The number of halogens is 3. The number of aromatic nitrogens is 1. The number of alkyl halides is 3. The maximum absolute atomic E-state index is 12.1. The molecule has 0 radical (unpaired) electrons. The minimum Gasteiger partial charge on any atom is -0.443 e. The minimum atomic E-state index is -4.18. The van der Waals surface area contributed by atoms with Crippen molar-refractivity contribution >= 4 is 11.1 Å². The Hall–Kier alpha value is -1.56. The highest BCUT2D eigenvalue weighted by molar-refractivity contribution is 5.72. The molecule has 1 aromatic heterocycles. The van der Waals surface area contributed by atoms with E-state index < -0.39 is 12.7 Å². The van der Waals surface area contributed by atoms with Gasteiger partial charge in [0.25, 0.3) is 0 Å². The first-order chi connectivity index (χ1) is 7.94. The second-order valence-corrected chi connectivity index (χ2v) is 3.94. The second kappa shape index (κ2) is 4.37. The minimum absolute atomic E-state index is 0.218. The zero-order valence-electron chi connectivity index (χ0n) is 9.16. The number of nitrogens with zero attached hydrogens (tertiary/aromatic N) is 2. The first kappa shape index (κ1) is 11.9. The molecule has 2 rings (SSSR count). The Labute approximate surface area is 95.8 Å². The van der Waals surface area contributed by atoms with Gasteiger partial charge in [0, 0.05) is 6.54 Å². The Kier molecular flexibility index (Phi) is 3.06. The zero-order chi connectivity index (χ0) is 12.5. The fraction of sp³-hybridized carbons (Fsp3) is 0.364. The maximum atomic E-state index is 12.1. The molecule has 2 aromatic rings. The molecule has 0 saturated carbocycles. The van der Waals surface area contributed by atoms with Gasteiger partial charge in [0.05, 0.1) is 6.54 Å². The molecule has 0 fully saturated rings. The van der Waals surface area contributed by atoms with Gasteiger partial charge in [-0.1, -0.05) is 6.07 Å². The van der Waals surface area contributed by atoms with Crippen LogP contribution in [0.3, 0.4) is 0 Å². The van der Waals surface area contributed by atoms with Crippen LogP contribution in [0.15, 0.2) is 29.0 Å². The molecule has 0 N–H and O–H groups in total. The van der Waals surface area contributed by atoms with Crippen LogP contribution in [0.1, 0.15) is 5.56 Å². The summed E-state index contributed by atoms with van der Waals surface area (Å²) < 4.78 is 41.5. The lowest BCUT2D eigenvalue weighted by molar-refractivity contribution is -0.144. The zero-order valence-corrected chi connectivity index (χ0v) is 9.16. The molecule has 0 aliphatic carbocycles. The summed E-state index contributed by atoms with van der Waals surface area (Å²) in [6.45, 7) is -0.711. The SMILES string of the molecule is CN(Cc1ccc2ncoc2c1)CC(F)(F)F. The number of fused-ring (bicyclic) bond motifs is 1. The molecule has 0 spiro atoms. The summed E-state index contributed by atoms with van der Waals surface area (Å²) >= 11 is 0. The summed E-state index contributed by atoms with van der Waals surface area (Å²) in [5.74, 6) is 0. The van der Waals surface area contributed by atoms with Gasteiger partial charge in [-0.05, 0) is 24.7 Å². The number of benzene rings is 1. The third kappa shape index (κ3) is 3.20. The third-order valence-corrected chi connectivity index (χ3v) is 2.30. The highest BCUT2D eigenvalue weighted by Gasteiger charge is 2.29. The number of rotatable bonds is 3. The van der Waals surface area contributed by atoms with Gasteiger partial charge in [-0.15, -0.1) is 0 Å². The van der Waals surface area contributed by atoms with Crippen LogP contribution in [0.25, 0.3) is 11.1 Å². The summed E-state index contributed by atoms with van der Waals surface area (Å²) in [6.07, 6.45) is -2.86. The predicted octanol–water partition coefficient (Wildman–Crippen LogP) is 2.82. The molecule has 0 amide bonds. The van der Waals surface area contributed by atoms with Crippen LogP contribution in [-0.2, 0) is 6.54 Å². The summed E-state index contributed by atoms with van der Waals surface area (Å²) in [7, 11) is 1.43. The fourth-order valence-electron chi connectivity index (χ4n) is 1.67. The van der Waals surface area contributed by atoms with E-state index in [0.29, 0.717) is 11.1 Å². The van der Waals surface area contributed by atoms with E-state index in [1.807, 2.05) is 0 Å². The highest BCUT2D eigenvalue weighted by Crippen LogP contribution is 2.19. The Balaban J connectivity index is 2.07. The summed E-state index contributed by atoms with van der Waals surface area (Å²) in [6, 6.07) is 5.18. The van der Waals surface area contributed by atoms with Crippen molar-refractivity contribution in [3.8, 4) is 0 Å². The fourth-order valence-corrected chi connectivity index (χ4v) is 1.67. The van der Waals surface area contributed by atoms with Gasteiger partial charge in [0.1, 0.15) is 5.52 Å². The van der Waals surface area contributed by atoms with Crippen LogP contribution in [0.2, 0.25) is 0 Å². The average Bonchev–Trinajstić information content (AvgIpc) is 2.61. The van der Waals surface area contributed by atoms with Crippen molar-refractivity contribution in [1.82, 2.24) is 9.88 Å². The number of hydrogen-bond acceptors (Lipinski definition) is 3. The summed E-state index contributed by atoms with van der Waals surface area (Å²) in [5, 5.41) is 0. The van der Waals surface area contributed by atoms with Crippen LogP contribution in [0.5, 0.6) is 0 Å². The van der Waals surface area contributed by atoms with Gasteiger partial charge >= 0.3 is 6.18 Å². The number of hydrogen-bond donors (Lipinski definition) is 0. The lowest BCUT2D eigenvalue weighted by Crippen LogP contribution is -2.30. The molecule has 92 valence electrons. The predicted molar refractivity (Wildman–Crippen MR) is 56.4 cm³/mol. The molecule has 17 heavy (non-hydrogen) atoms. The van der Waals surface area contributed by atoms with Crippen LogP contribution in [-0.4, -0.2) is 29.7 Å². The lowest BCUT2D eigenvalue weighted by Gasteiger charge is -2.18.